The Kier molecular flexibility index (Phi) is 6.30. The molecule has 1 aliphatic rings. The lowest BCUT2D eigenvalue weighted by molar-refractivity contribution is -0.122. The average molecular weight is 508 g/mol. The van der Waals surface area contributed by atoms with Gasteiger partial charge in [-0.15, -0.1) is 0 Å². The van der Waals surface area contributed by atoms with E-state index < -0.39 is 11.8 Å². The van der Waals surface area contributed by atoms with Crippen molar-refractivity contribution in [1.82, 2.24) is 5.32 Å². The van der Waals surface area contributed by atoms with Gasteiger partial charge in [0, 0.05) is 0 Å². The van der Waals surface area contributed by atoms with Gasteiger partial charge in [0.1, 0.15) is 5.57 Å². The number of thiocarbonyl (C=S) groups is 1. The smallest absolute Gasteiger partial charge is 0.270 e. The van der Waals surface area contributed by atoms with E-state index in [1.165, 1.54) is 11.0 Å². The largest absolute Gasteiger partial charge is 0.493 e. The van der Waals surface area contributed by atoms with Crippen LogP contribution >= 0.6 is 34.8 Å². The Bertz CT molecular complexity index is 976. The summed E-state index contributed by atoms with van der Waals surface area (Å²) in [6, 6.07) is 12.5. The third-order valence-corrected chi connectivity index (χ3v) is 5.05. The molecule has 1 N–H and O–H groups in total. The number of halogens is 1. The predicted octanol–water partition coefficient (Wildman–Crippen LogP) is 3.53. The molecule has 0 unspecified atom stereocenters. The fourth-order valence-corrected chi connectivity index (χ4v) is 3.81. The topological polar surface area (TPSA) is 67.9 Å². The third-order valence-electron chi connectivity index (χ3n) is 3.97. The molecule has 0 atom stereocenters. The van der Waals surface area contributed by atoms with Crippen LogP contribution in [0.15, 0.2) is 48.0 Å². The van der Waals surface area contributed by atoms with Crippen LogP contribution in [-0.4, -0.2) is 30.6 Å². The second-order valence-electron chi connectivity index (χ2n) is 5.76. The molecule has 1 fully saturated rings. The highest BCUT2D eigenvalue weighted by molar-refractivity contribution is 14.1. The van der Waals surface area contributed by atoms with Crippen molar-refractivity contribution in [3.05, 3.63) is 57.2 Å². The lowest BCUT2D eigenvalue weighted by Crippen LogP contribution is -2.54. The number of hydrogen-bond acceptors (Lipinski definition) is 5. The number of carbonyl (C=O) groups is 2. The summed E-state index contributed by atoms with van der Waals surface area (Å²) in [5, 5.41) is 2.63. The predicted molar refractivity (Wildman–Crippen MR) is 120 cm³/mol. The van der Waals surface area contributed by atoms with E-state index >= 15 is 0 Å². The fraction of sp³-hybridized carbons (Fsp3) is 0.150. The Morgan fingerprint density at radius 3 is 2.57 bits per heavy atom. The molecule has 0 saturated carbocycles. The van der Waals surface area contributed by atoms with Gasteiger partial charge in [0.2, 0.25) is 0 Å². The number of anilines is 1. The van der Waals surface area contributed by atoms with Crippen molar-refractivity contribution >= 4 is 63.5 Å². The number of nitrogens with zero attached hydrogens (tertiary/aromatic N) is 1. The third kappa shape index (κ3) is 4.02. The van der Waals surface area contributed by atoms with Gasteiger partial charge in [-0.2, -0.15) is 0 Å². The summed E-state index contributed by atoms with van der Waals surface area (Å²) in [6.45, 7) is 2.38. The van der Waals surface area contributed by atoms with E-state index in [0.717, 1.165) is 3.57 Å². The molecular formula is C20H17IN2O4S. The van der Waals surface area contributed by atoms with Gasteiger partial charge in [0.25, 0.3) is 11.8 Å². The second kappa shape index (κ2) is 8.70. The molecular weight excluding hydrogens is 491 g/mol. The van der Waals surface area contributed by atoms with Crippen LogP contribution in [0.5, 0.6) is 11.5 Å². The first-order valence-electron chi connectivity index (χ1n) is 8.43. The Labute approximate surface area is 181 Å². The van der Waals surface area contributed by atoms with Crippen molar-refractivity contribution < 1.29 is 19.1 Å². The SMILES string of the molecule is CCOc1c(I)cc(/C=C2/C(=O)NC(=S)N(c3ccccc3)C2=O)cc1OC. The first-order chi connectivity index (χ1) is 13.5. The first kappa shape index (κ1) is 20.3. The molecule has 2 aromatic rings. The highest BCUT2D eigenvalue weighted by Gasteiger charge is 2.34. The van der Waals surface area contributed by atoms with Crippen LogP contribution in [-0.2, 0) is 9.59 Å². The second-order valence-corrected chi connectivity index (χ2v) is 7.31. The number of ether oxygens (including phenoxy) is 2. The van der Waals surface area contributed by atoms with E-state index in [1.54, 1.807) is 37.4 Å². The lowest BCUT2D eigenvalue weighted by atomic mass is 10.1. The Hall–Kier alpha value is -2.46. The average Bonchev–Trinajstić information content (AvgIpc) is 2.67. The molecule has 0 aliphatic carbocycles. The summed E-state index contributed by atoms with van der Waals surface area (Å²) < 4.78 is 11.8. The summed E-state index contributed by atoms with van der Waals surface area (Å²) in [5.41, 5.74) is 1.21. The van der Waals surface area contributed by atoms with Crippen LogP contribution in [0.4, 0.5) is 5.69 Å². The zero-order chi connectivity index (χ0) is 20.3. The van der Waals surface area contributed by atoms with Gasteiger partial charge in [0.05, 0.1) is 23.0 Å². The number of benzene rings is 2. The van der Waals surface area contributed by atoms with Crippen LogP contribution in [0.2, 0.25) is 0 Å². The molecule has 6 nitrogen and oxygen atoms in total. The summed E-state index contributed by atoms with van der Waals surface area (Å²) in [4.78, 5) is 26.7. The van der Waals surface area contributed by atoms with Crippen molar-refractivity contribution in [3.63, 3.8) is 0 Å². The lowest BCUT2D eigenvalue weighted by Gasteiger charge is -2.28. The first-order valence-corrected chi connectivity index (χ1v) is 9.91. The normalized spacial score (nSPS) is 15.6. The van der Waals surface area contributed by atoms with Gasteiger partial charge in [-0.05, 0) is 77.6 Å². The molecule has 3 rings (SSSR count). The van der Waals surface area contributed by atoms with E-state index in [2.05, 4.69) is 27.9 Å². The minimum Gasteiger partial charge on any atom is -0.493 e. The standard InChI is InChI=1S/C20H17IN2O4S/c1-3-27-17-15(21)10-12(11-16(17)26-2)9-14-18(24)22-20(28)23(19(14)25)13-7-5-4-6-8-13/h4-11H,3H2,1-2H3,(H,22,24,28)/b14-9-. The van der Waals surface area contributed by atoms with E-state index in [9.17, 15) is 9.59 Å². The number of carbonyl (C=O) groups excluding carboxylic acids is 2. The molecule has 1 aliphatic heterocycles. The van der Waals surface area contributed by atoms with Crippen molar-refractivity contribution in [2.45, 2.75) is 6.92 Å². The number of hydrogen-bond donors (Lipinski definition) is 1. The van der Waals surface area contributed by atoms with Crippen molar-refractivity contribution in [2.75, 3.05) is 18.6 Å². The molecule has 144 valence electrons. The zero-order valence-corrected chi connectivity index (χ0v) is 18.2. The van der Waals surface area contributed by atoms with Crippen LogP contribution in [0.25, 0.3) is 6.08 Å². The molecule has 0 radical (unpaired) electrons. The maximum Gasteiger partial charge on any atom is 0.270 e. The number of nitrogens with one attached hydrogen (secondary N) is 1. The highest BCUT2D eigenvalue weighted by Crippen LogP contribution is 2.35. The van der Waals surface area contributed by atoms with Gasteiger partial charge in [-0.1, -0.05) is 18.2 Å². The quantitative estimate of drug-likeness (QED) is 0.290. The Morgan fingerprint density at radius 1 is 1.21 bits per heavy atom. The molecule has 2 aromatic carbocycles. The van der Waals surface area contributed by atoms with Crippen molar-refractivity contribution in [1.29, 1.82) is 0 Å². The van der Waals surface area contributed by atoms with Gasteiger partial charge in [-0.25, -0.2) is 0 Å². The van der Waals surface area contributed by atoms with Crippen LogP contribution in [0.3, 0.4) is 0 Å². The Morgan fingerprint density at radius 2 is 1.93 bits per heavy atom. The molecule has 8 heteroatoms. The summed E-state index contributed by atoms with van der Waals surface area (Å²) >= 11 is 7.32. The number of methoxy groups -OCH3 is 1. The van der Waals surface area contributed by atoms with Crippen LogP contribution in [0.1, 0.15) is 12.5 Å². The summed E-state index contributed by atoms with van der Waals surface area (Å²) in [7, 11) is 1.54. The van der Waals surface area contributed by atoms with Crippen LogP contribution < -0.4 is 19.7 Å². The van der Waals surface area contributed by atoms with Crippen molar-refractivity contribution in [2.24, 2.45) is 0 Å². The van der Waals surface area contributed by atoms with E-state index in [1.807, 2.05) is 19.1 Å². The zero-order valence-electron chi connectivity index (χ0n) is 15.2. The van der Waals surface area contributed by atoms with Gasteiger partial charge < -0.3 is 9.47 Å². The van der Waals surface area contributed by atoms with E-state index in [0.29, 0.717) is 29.4 Å². The maximum absolute atomic E-state index is 13.0. The van der Waals surface area contributed by atoms with E-state index in [4.69, 9.17) is 21.7 Å². The van der Waals surface area contributed by atoms with E-state index in [-0.39, 0.29) is 10.7 Å². The minimum atomic E-state index is -0.537. The molecule has 1 saturated heterocycles. The number of para-hydroxylation sites is 1. The molecule has 0 aromatic heterocycles. The summed E-state index contributed by atoms with van der Waals surface area (Å²) in [5.74, 6) is 0.131. The molecule has 0 spiro atoms. The van der Waals surface area contributed by atoms with Crippen molar-refractivity contribution in [3.8, 4) is 11.5 Å². The minimum absolute atomic E-state index is 0.0144. The number of rotatable bonds is 5. The van der Waals surface area contributed by atoms with Gasteiger partial charge in [-0.3, -0.25) is 19.8 Å². The monoisotopic (exact) mass is 508 g/mol. The molecule has 2 amide bonds. The molecule has 28 heavy (non-hydrogen) atoms. The van der Waals surface area contributed by atoms with Gasteiger partial charge in [0.15, 0.2) is 16.6 Å². The molecule has 0 bridgehead atoms. The maximum atomic E-state index is 13.0. The van der Waals surface area contributed by atoms with Gasteiger partial charge >= 0.3 is 0 Å². The highest BCUT2D eigenvalue weighted by atomic mass is 127. The summed E-state index contributed by atoms with van der Waals surface area (Å²) in [6.07, 6.45) is 1.52. The molecule has 1 heterocycles. The Balaban J connectivity index is 2.03. The van der Waals surface area contributed by atoms with Crippen LogP contribution in [0, 0.1) is 3.57 Å². The fourth-order valence-electron chi connectivity index (χ4n) is 2.74. The number of amides is 2.